The highest BCUT2D eigenvalue weighted by Gasteiger charge is 2.22. The highest BCUT2D eigenvalue weighted by Crippen LogP contribution is 2.30. The lowest BCUT2D eigenvalue weighted by atomic mass is 10.1. The second-order valence-corrected chi connectivity index (χ2v) is 10.6. The third kappa shape index (κ3) is 6.50. The van der Waals surface area contributed by atoms with Crippen LogP contribution in [0.15, 0.2) is 54.9 Å². The molecule has 0 bridgehead atoms. The van der Waals surface area contributed by atoms with E-state index in [1.165, 1.54) is 11.3 Å². The van der Waals surface area contributed by atoms with Crippen LogP contribution in [0.3, 0.4) is 0 Å². The molecular weight excluding hydrogens is 542 g/mol. The van der Waals surface area contributed by atoms with E-state index >= 15 is 0 Å². The van der Waals surface area contributed by atoms with Crippen LogP contribution in [0.4, 0.5) is 22.6 Å². The van der Waals surface area contributed by atoms with Crippen molar-refractivity contribution < 1.29 is 19.4 Å². The van der Waals surface area contributed by atoms with Crippen LogP contribution in [0.1, 0.15) is 45.5 Å². The van der Waals surface area contributed by atoms with Gasteiger partial charge in [-0.05, 0) is 51.0 Å². The number of piperidine rings is 1. The number of esters is 1. The summed E-state index contributed by atoms with van der Waals surface area (Å²) in [5, 5.41) is 13.6. The van der Waals surface area contributed by atoms with Crippen LogP contribution >= 0.6 is 11.3 Å². The van der Waals surface area contributed by atoms with Gasteiger partial charge in [-0.3, -0.25) is 15.1 Å². The fraction of sp³-hybridized carbons (Fsp3) is 0.310. The molecule has 1 aliphatic heterocycles. The molecule has 4 aromatic rings. The zero-order valence-electron chi connectivity index (χ0n) is 23.1. The van der Waals surface area contributed by atoms with E-state index < -0.39 is 5.97 Å². The van der Waals surface area contributed by atoms with Gasteiger partial charge in [0.1, 0.15) is 10.7 Å². The van der Waals surface area contributed by atoms with Gasteiger partial charge in [0, 0.05) is 55.4 Å². The lowest BCUT2D eigenvalue weighted by molar-refractivity contribution is 0.0531. The maximum absolute atomic E-state index is 13.1. The fourth-order valence-electron chi connectivity index (χ4n) is 4.49. The first kappa shape index (κ1) is 28.1. The number of hydrogen-bond donors (Lipinski definition) is 2. The summed E-state index contributed by atoms with van der Waals surface area (Å²) in [6.45, 7) is 5.12. The Morgan fingerprint density at radius 3 is 2.49 bits per heavy atom. The van der Waals surface area contributed by atoms with Crippen molar-refractivity contribution in [1.29, 1.82) is 0 Å². The fourth-order valence-corrected chi connectivity index (χ4v) is 5.34. The Labute approximate surface area is 241 Å². The van der Waals surface area contributed by atoms with Gasteiger partial charge in [-0.25, -0.2) is 14.8 Å². The number of rotatable bonds is 8. The molecule has 1 saturated heterocycles. The van der Waals surface area contributed by atoms with Gasteiger partial charge in [0.25, 0.3) is 5.91 Å². The Morgan fingerprint density at radius 1 is 1.10 bits per heavy atom. The number of aliphatic hydroxyl groups excluding tert-OH is 1. The predicted octanol–water partition coefficient (Wildman–Crippen LogP) is 4.46. The summed E-state index contributed by atoms with van der Waals surface area (Å²) < 4.78 is 5.14. The van der Waals surface area contributed by atoms with Crippen LogP contribution < -0.4 is 15.1 Å². The highest BCUT2D eigenvalue weighted by molar-refractivity contribution is 7.17. The first-order valence-corrected chi connectivity index (χ1v) is 14.2. The predicted molar refractivity (Wildman–Crippen MR) is 158 cm³/mol. The average molecular weight is 574 g/mol. The number of hydrogen-bond acceptors (Lipinski definition) is 11. The number of carbonyl (C=O) groups is 2. The summed E-state index contributed by atoms with van der Waals surface area (Å²) in [6.07, 6.45) is 4.28. The molecule has 0 unspecified atom stereocenters. The molecule has 2 N–H and O–H groups in total. The van der Waals surface area contributed by atoms with Gasteiger partial charge in [0.15, 0.2) is 5.13 Å². The van der Waals surface area contributed by atoms with Crippen LogP contribution in [0.25, 0.3) is 11.3 Å². The molecule has 1 aromatic carbocycles. The second kappa shape index (κ2) is 12.4. The van der Waals surface area contributed by atoms with Gasteiger partial charge < -0.3 is 19.6 Å². The van der Waals surface area contributed by atoms with Gasteiger partial charge in [-0.2, -0.15) is 4.98 Å². The number of ether oxygens (including phenoxy) is 1. The molecule has 1 amide bonds. The molecule has 0 spiro atoms. The number of aryl methyl sites for hydroxylation is 1. The number of amides is 1. The highest BCUT2D eigenvalue weighted by atomic mass is 32.1. The lowest BCUT2D eigenvalue weighted by Crippen LogP contribution is -2.36. The van der Waals surface area contributed by atoms with Gasteiger partial charge in [0.05, 0.1) is 24.1 Å². The van der Waals surface area contributed by atoms with Crippen molar-refractivity contribution in [2.45, 2.75) is 32.8 Å². The standard InChI is InChI=1S/C29H31N7O4S/c1-4-40-27(39)25-18(2)31-29(41-25)34-28-32-23(17-24(33-28)36-15-11-22(37)12-16-36)19-5-7-20(8-6-19)26(38)35(3)21-9-13-30-14-10-21/h5-10,13-14,17,22,37H,4,11-12,15-16H2,1-3H3,(H,31,32,33,34). The summed E-state index contributed by atoms with van der Waals surface area (Å²) in [6, 6.07) is 12.7. The number of benzene rings is 1. The van der Waals surface area contributed by atoms with Crippen molar-refractivity contribution in [3.05, 3.63) is 71.0 Å². The van der Waals surface area contributed by atoms with E-state index in [-0.39, 0.29) is 18.6 Å². The lowest BCUT2D eigenvalue weighted by Gasteiger charge is -2.30. The minimum absolute atomic E-state index is 0.142. The maximum atomic E-state index is 13.1. The minimum Gasteiger partial charge on any atom is -0.462 e. The quantitative estimate of drug-likeness (QED) is 0.291. The molecule has 3 aromatic heterocycles. The molecule has 0 saturated carbocycles. The average Bonchev–Trinajstić information content (AvgIpc) is 3.36. The second-order valence-electron chi connectivity index (χ2n) is 9.58. The summed E-state index contributed by atoms with van der Waals surface area (Å²) >= 11 is 1.18. The molecule has 1 aliphatic rings. The van der Waals surface area contributed by atoms with Crippen molar-refractivity contribution in [3.8, 4) is 11.3 Å². The molecule has 1 fully saturated rings. The number of nitrogens with zero attached hydrogens (tertiary/aromatic N) is 6. The summed E-state index contributed by atoms with van der Waals surface area (Å²) in [7, 11) is 1.73. The number of anilines is 4. The van der Waals surface area contributed by atoms with E-state index in [0.29, 0.717) is 64.7 Å². The molecule has 5 rings (SSSR count). The molecule has 212 valence electrons. The Morgan fingerprint density at radius 2 is 1.80 bits per heavy atom. The SMILES string of the molecule is CCOC(=O)c1sc(Nc2nc(-c3ccc(C(=O)N(C)c4ccncc4)cc3)cc(N3CCC(O)CC3)n2)nc1C. The number of aromatic nitrogens is 4. The first-order valence-electron chi connectivity index (χ1n) is 13.3. The van der Waals surface area contributed by atoms with Crippen molar-refractivity contribution in [2.75, 3.05) is 41.9 Å². The van der Waals surface area contributed by atoms with Crippen LogP contribution in [-0.2, 0) is 4.74 Å². The van der Waals surface area contributed by atoms with E-state index in [2.05, 4.69) is 20.2 Å². The first-order chi connectivity index (χ1) is 19.8. The number of thiazole rings is 1. The molecular formula is C29H31N7O4S. The molecule has 11 nitrogen and oxygen atoms in total. The van der Waals surface area contributed by atoms with Crippen molar-refractivity contribution >= 4 is 45.8 Å². The molecule has 0 radical (unpaired) electrons. The Kier molecular flexibility index (Phi) is 8.50. The molecule has 41 heavy (non-hydrogen) atoms. The van der Waals surface area contributed by atoms with Crippen molar-refractivity contribution in [1.82, 2.24) is 19.9 Å². The van der Waals surface area contributed by atoms with Gasteiger partial charge >= 0.3 is 5.97 Å². The molecule has 12 heteroatoms. The van der Waals surface area contributed by atoms with Crippen LogP contribution in [0, 0.1) is 6.92 Å². The zero-order chi connectivity index (χ0) is 28.9. The number of aliphatic hydroxyl groups is 1. The number of pyridine rings is 1. The summed E-state index contributed by atoms with van der Waals surface area (Å²) in [5.41, 5.74) is 3.31. The minimum atomic E-state index is -0.415. The van der Waals surface area contributed by atoms with Crippen LogP contribution in [0.2, 0.25) is 0 Å². The monoisotopic (exact) mass is 573 g/mol. The van der Waals surface area contributed by atoms with Gasteiger partial charge in [-0.15, -0.1) is 0 Å². The van der Waals surface area contributed by atoms with E-state index in [9.17, 15) is 14.7 Å². The zero-order valence-corrected chi connectivity index (χ0v) is 23.9. The largest absolute Gasteiger partial charge is 0.462 e. The number of nitrogens with one attached hydrogen (secondary N) is 1. The van der Waals surface area contributed by atoms with Gasteiger partial charge in [-0.1, -0.05) is 23.5 Å². The van der Waals surface area contributed by atoms with E-state index in [1.54, 1.807) is 62.5 Å². The third-order valence-electron chi connectivity index (χ3n) is 6.76. The maximum Gasteiger partial charge on any atom is 0.350 e. The van der Waals surface area contributed by atoms with E-state index in [4.69, 9.17) is 14.7 Å². The van der Waals surface area contributed by atoms with Crippen molar-refractivity contribution in [3.63, 3.8) is 0 Å². The number of carbonyl (C=O) groups excluding carboxylic acids is 2. The van der Waals surface area contributed by atoms with Crippen LogP contribution in [0.5, 0.6) is 0 Å². The Hall–Kier alpha value is -4.42. The molecule has 0 aliphatic carbocycles. The topological polar surface area (TPSA) is 134 Å². The summed E-state index contributed by atoms with van der Waals surface area (Å²) in [4.78, 5) is 47.4. The smallest absolute Gasteiger partial charge is 0.350 e. The van der Waals surface area contributed by atoms with E-state index in [1.807, 2.05) is 18.2 Å². The normalized spacial score (nSPS) is 13.6. The van der Waals surface area contributed by atoms with Gasteiger partial charge in [0.2, 0.25) is 5.95 Å². The summed E-state index contributed by atoms with van der Waals surface area (Å²) in [5.74, 6) is 0.477. The Bertz CT molecular complexity index is 1520. The van der Waals surface area contributed by atoms with Crippen molar-refractivity contribution in [2.24, 2.45) is 0 Å². The third-order valence-corrected chi connectivity index (χ3v) is 7.81. The van der Waals surface area contributed by atoms with Crippen LogP contribution in [-0.4, -0.2) is 69.8 Å². The molecule has 0 atom stereocenters. The van der Waals surface area contributed by atoms with E-state index in [0.717, 1.165) is 11.3 Å². The Balaban J connectivity index is 1.43. The molecule has 4 heterocycles.